The van der Waals surface area contributed by atoms with Gasteiger partial charge in [-0.1, -0.05) is 32.0 Å². The molecular formula is C25H27N3O4S. The number of hydrogen-bond acceptors (Lipinski definition) is 4. The Morgan fingerprint density at radius 2 is 1.73 bits per heavy atom. The first kappa shape index (κ1) is 22.9. The van der Waals surface area contributed by atoms with E-state index < -0.39 is 10.0 Å². The van der Waals surface area contributed by atoms with Crippen LogP contribution in [0.25, 0.3) is 5.69 Å². The molecule has 0 aliphatic carbocycles. The topological polar surface area (TPSA) is 102 Å². The van der Waals surface area contributed by atoms with Gasteiger partial charge >= 0.3 is 0 Å². The summed E-state index contributed by atoms with van der Waals surface area (Å²) in [7, 11) is -3.78. The number of Topliss-reactive ketones (excluding diaryl/α,β-unsaturated/α-hetero) is 1. The van der Waals surface area contributed by atoms with E-state index in [-0.39, 0.29) is 28.4 Å². The van der Waals surface area contributed by atoms with Crippen molar-refractivity contribution in [3.05, 3.63) is 78.1 Å². The molecule has 0 fully saturated rings. The first-order valence-corrected chi connectivity index (χ1v) is 12.4. The maximum atomic E-state index is 13.0. The van der Waals surface area contributed by atoms with E-state index in [1.165, 1.54) is 12.1 Å². The number of nitrogens with zero attached hydrogens (tertiary/aromatic N) is 2. The molecule has 0 spiro atoms. The van der Waals surface area contributed by atoms with Crippen molar-refractivity contribution < 1.29 is 18.0 Å². The molecule has 3 aromatic rings. The maximum Gasteiger partial charge on any atom is 0.238 e. The molecule has 0 saturated heterocycles. The Morgan fingerprint density at radius 3 is 2.42 bits per heavy atom. The van der Waals surface area contributed by atoms with Gasteiger partial charge in [0.1, 0.15) is 0 Å². The Bertz CT molecular complexity index is 1310. The summed E-state index contributed by atoms with van der Waals surface area (Å²) >= 11 is 0. The van der Waals surface area contributed by atoms with Crippen LogP contribution >= 0.6 is 0 Å². The number of fused-ring (bicyclic) bond motifs is 1. The number of nitrogens with two attached hydrogens (primary N) is 1. The minimum atomic E-state index is -3.78. The summed E-state index contributed by atoms with van der Waals surface area (Å²) in [5, 5.41) is 5.16. The van der Waals surface area contributed by atoms with Crippen LogP contribution in [0.3, 0.4) is 0 Å². The summed E-state index contributed by atoms with van der Waals surface area (Å²) < 4.78 is 24.7. The number of primary sulfonamides is 1. The number of amides is 1. The summed E-state index contributed by atoms with van der Waals surface area (Å²) in [6, 6.07) is 17.5. The normalized spacial score (nSPS) is 15.4. The van der Waals surface area contributed by atoms with Crippen LogP contribution in [0, 0.1) is 0 Å². The molecule has 7 nitrogen and oxygen atoms in total. The average Bonchev–Trinajstić information content (AvgIpc) is 3.25. The van der Waals surface area contributed by atoms with Gasteiger partial charge in [-0.25, -0.2) is 13.6 Å². The van der Waals surface area contributed by atoms with Gasteiger partial charge in [-0.3, -0.25) is 9.59 Å². The second-order valence-electron chi connectivity index (χ2n) is 8.95. The number of ketones is 1. The predicted molar refractivity (Wildman–Crippen MR) is 127 cm³/mol. The van der Waals surface area contributed by atoms with Crippen LogP contribution in [-0.4, -0.2) is 31.2 Å². The number of carbonyl (C=O) groups excluding carboxylic acids is 2. The fraction of sp³-hybridized carbons (Fsp3) is 0.280. The van der Waals surface area contributed by atoms with Crippen LogP contribution in [0.15, 0.2) is 71.8 Å². The van der Waals surface area contributed by atoms with E-state index >= 15 is 0 Å². The number of hydrogen-bond donors (Lipinski definition) is 1. The largest absolute Gasteiger partial charge is 0.314 e. The number of benzene rings is 2. The highest BCUT2D eigenvalue weighted by Gasteiger charge is 2.36. The predicted octanol–water partition coefficient (Wildman–Crippen LogP) is 3.80. The van der Waals surface area contributed by atoms with Crippen molar-refractivity contribution in [2.24, 2.45) is 5.14 Å². The second kappa shape index (κ2) is 8.61. The van der Waals surface area contributed by atoms with Crippen LogP contribution in [0.5, 0.6) is 0 Å². The van der Waals surface area contributed by atoms with Gasteiger partial charge in [0.25, 0.3) is 0 Å². The van der Waals surface area contributed by atoms with Gasteiger partial charge in [0, 0.05) is 42.4 Å². The minimum absolute atomic E-state index is 0.0148. The summed E-state index contributed by atoms with van der Waals surface area (Å²) in [6.07, 6.45) is 3.02. The number of sulfonamides is 1. The molecule has 0 saturated carbocycles. The average molecular weight is 466 g/mol. The van der Waals surface area contributed by atoms with Crippen molar-refractivity contribution in [3.8, 4) is 5.69 Å². The van der Waals surface area contributed by atoms with Gasteiger partial charge in [0.05, 0.1) is 10.6 Å². The monoisotopic (exact) mass is 465 g/mol. The smallest absolute Gasteiger partial charge is 0.238 e. The molecule has 2 N–H and O–H groups in total. The SMILES string of the molecule is CC1(C)CC(=O)N(CCCC(=O)c2cccn2-c2ccc(S(N)(=O)=O)cc2)c2ccccc21. The molecule has 2 aromatic carbocycles. The molecule has 1 aromatic heterocycles. The molecule has 0 atom stereocenters. The molecule has 0 bridgehead atoms. The molecule has 1 aliphatic heterocycles. The molecule has 4 rings (SSSR count). The molecule has 33 heavy (non-hydrogen) atoms. The van der Waals surface area contributed by atoms with Gasteiger partial charge in [-0.15, -0.1) is 0 Å². The highest BCUT2D eigenvalue weighted by molar-refractivity contribution is 7.89. The maximum absolute atomic E-state index is 13.0. The minimum Gasteiger partial charge on any atom is -0.314 e. The molecule has 8 heteroatoms. The molecule has 1 amide bonds. The Morgan fingerprint density at radius 1 is 1.03 bits per heavy atom. The molecule has 172 valence electrons. The fourth-order valence-corrected chi connectivity index (χ4v) is 4.90. The third-order valence-corrected chi connectivity index (χ3v) is 7.01. The summed E-state index contributed by atoms with van der Waals surface area (Å²) in [5.74, 6) is 0.0260. The highest BCUT2D eigenvalue weighted by Crippen LogP contribution is 2.40. The van der Waals surface area contributed by atoms with Gasteiger partial charge in [0.15, 0.2) is 5.78 Å². The van der Waals surface area contributed by atoms with E-state index in [0.29, 0.717) is 30.8 Å². The number of anilines is 1. The van der Waals surface area contributed by atoms with E-state index in [1.807, 2.05) is 18.2 Å². The van der Waals surface area contributed by atoms with E-state index in [4.69, 9.17) is 5.14 Å². The Balaban J connectivity index is 1.46. The van der Waals surface area contributed by atoms with Gasteiger partial charge in [-0.2, -0.15) is 0 Å². The molecule has 1 aliphatic rings. The summed E-state index contributed by atoms with van der Waals surface area (Å²) in [5.41, 5.74) is 3.03. The summed E-state index contributed by atoms with van der Waals surface area (Å²) in [4.78, 5) is 27.6. The van der Waals surface area contributed by atoms with Crippen molar-refractivity contribution in [2.45, 2.75) is 43.4 Å². The van der Waals surface area contributed by atoms with Crippen LogP contribution in [0.4, 0.5) is 5.69 Å². The van der Waals surface area contributed by atoms with Gasteiger partial charge in [0.2, 0.25) is 15.9 Å². The van der Waals surface area contributed by atoms with Crippen molar-refractivity contribution in [2.75, 3.05) is 11.4 Å². The van der Waals surface area contributed by atoms with Crippen LogP contribution in [-0.2, 0) is 20.2 Å². The van der Waals surface area contributed by atoms with Crippen LogP contribution in [0.2, 0.25) is 0 Å². The number of rotatable bonds is 7. The molecular weight excluding hydrogens is 438 g/mol. The van der Waals surface area contributed by atoms with E-state index in [9.17, 15) is 18.0 Å². The quantitative estimate of drug-likeness (QED) is 0.536. The summed E-state index contributed by atoms with van der Waals surface area (Å²) in [6.45, 7) is 4.63. The molecule has 0 radical (unpaired) electrons. The van der Waals surface area contributed by atoms with Crippen molar-refractivity contribution >= 4 is 27.4 Å². The number of aromatic nitrogens is 1. The molecule has 2 heterocycles. The Kier molecular flexibility index (Phi) is 5.99. The van der Waals surface area contributed by atoms with Gasteiger partial charge in [-0.05, 0) is 54.4 Å². The Labute approximate surface area is 193 Å². The lowest BCUT2D eigenvalue weighted by Gasteiger charge is -2.38. The van der Waals surface area contributed by atoms with Crippen LogP contribution in [0.1, 0.15) is 49.2 Å². The zero-order valence-corrected chi connectivity index (χ0v) is 19.5. The lowest BCUT2D eigenvalue weighted by molar-refractivity contribution is -0.120. The van der Waals surface area contributed by atoms with Crippen molar-refractivity contribution in [1.82, 2.24) is 4.57 Å². The lowest BCUT2D eigenvalue weighted by Crippen LogP contribution is -2.42. The lowest BCUT2D eigenvalue weighted by atomic mass is 9.77. The Hall–Kier alpha value is -3.23. The standard InChI is InChI=1S/C25H27N3O4S/c1-25(2)17-24(30)28(21-8-4-3-7-20(21)25)16-6-10-23(29)22-9-5-15-27(22)18-11-13-19(14-12-18)33(26,31)32/h3-5,7-9,11-15H,6,10,16-17H2,1-2H3,(H2,26,31,32). The third-order valence-electron chi connectivity index (χ3n) is 6.08. The molecule has 0 unspecified atom stereocenters. The van der Waals surface area contributed by atoms with Crippen LogP contribution < -0.4 is 10.0 Å². The number of carbonyl (C=O) groups is 2. The van der Waals surface area contributed by atoms with E-state index in [2.05, 4.69) is 19.9 Å². The first-order valence-electron chi connectivity index (χ1n) is 10.8. The first-order chi connectivity index (χ1) is 15.6. The van der Waals surface area contributed by atoms with E-state index in [0.717, 1.165) is 11.3 Å². The van der Waals surface area contributed by atoms with Gasteiger partial charge < -0.3 is 9.47 Å². The zero-order chi connectivity index (χ0) is 23.8. The highest BCUT2D eigenvalue weighted by atomic mass is 32.2. The zero-order valence-electron chi connectivity index (χ0n) is 18.7. The van der Waals surface area contributed by atoms with E-state index in [1.54, 1.807) is 39.9 Å². The third kappa shape index (κ3) is 4.62. The van der Waals surface area contributed by atoms with Crippen molar-refractivity contribution in [1.29, 1.82) is 0 Å². The fourth-order valence-electron chi connectivity index (χ4n) is 4.39. The second-order valence-corrected chi connectivity index (χ2v) is 10.5. The number of para-hydroxylation sites is 1. The van der Waals surface area contributed by atoms with Crippen molar-refractivity contribution in [3.63, 3.8) is 0 Å².